The van der Waals surface area contributed by atoms with Crippen LogP contribution >= 0.6 is 11.8 Å². The first-order valence-electron chi connectivity index (χ1n) is 8.38. The highest BCUT2D eigenvalue weighted by atomic mass is 32.2. The molecule has 2 aromatic heterocycles. The van der Waals surface area contributed by atoms with Gasteiger partial charge in [0.25, 0.3) is 0 Å². The Morgan fingerprint density at radius 1 is 1.28 bits per heavy atom. The average Bonchev–Trinajstić information content (AvgIpc) is 3.08. The van der Waals surface area contributed by atoms with Gasteiger partial charge in [-0.15, -0.1) is 0 Å². The number of hydrogen-bond donors (Lipinski definition) is 2. The predicted molar refractivity (Wildman–Crippen MR) is 103 cm³/mol. The Hall–Kier alpha value is -2.34. The Bertz CT molecular complexity index is 785. The second kappa shape index (κ2) is 8.67. The van der Waals surface area contributed by atoms with Crippen molar-refractivity contribution in [2.45, 2.75) is 25.3 Å². The highest BCUT2D eigenvalue weighted by molar-refractivity contribution is 7.98. The fourth-order valence-corrected chi connectivity index (χ4v) is 3.19. The molecule has 0 saturated carbocycles. The third kappa shape index (κ3) is 4.82. The second-order valence-electron chi connectivity index (χ2n) is 5.90. The van der Waals surface area contributed by atoms with Gasteiger partial charge in [0, 0.05) is 18.8 Å². The van der Waals surface area contributed by atoms with Crippen LogP contribution in [0.25, 0.3) is 11.0 Å². The number of benzene rings is 1. The quantitative estimate of drug-likeness (QED) is 0.649. The van der Waals surface area contributed by atoms with Gasteiger partial charge in [0.1, 0.15) is 5.82 Å². The average molecular weight is 354 g/mol. The third-order valence-electron chi connectivity index (χ3n) is 4.05. The van der Waals surface area contributed by atoms with Crippen LogP contribution in [-0.4, -0.2) is 32.9 Å². The molecule has 0 unspecified atom stereocenters. The van der Waals surface area contributed by atoms with Crippen molar-refractivity contribution in [1.82, 2.24) is 20.3 Å². The number of rotatable bonds is 8. The van der Waals surface area contributed by atoms with Crippen LogP contribution in [0.15, 0.2) is 48.8 Å². The summed E-state index contributed by atoms with van der Waals surface area (Å²) in [6, 6.07) is 11.7. The molecule has 1 atom stereocenters. The predicted octanol–water partition coefficient (Wildman–Crippen LogP) is 3.50. The first-order valence-corrected chi connectivity index (χ1v) is 9.77. The van der Waals surface area contributed by atoms with E-state index in [0.29, 0.717) is 12.8 Å². The smallest absolute Gasteiger partial charge is 0.220 e. The summed E-state index contributed by atoms with van der Waals surface area (Å²) in [6.45, 7) is 0. The van der Waals surface area contributed by atoms with Crippen molar-refractivity contribution < 1.29 is 4.79 Å². The Morgan fingerprint density at radius 2 is 2.16 bits per heavy atom. The van der Waals surface area contributed by atoms with E-state index in [1.807, 2.05) is 36.4 Å². The molecule has 0 bridgehead atoms. The van der Waals surface area contributed by atoms with E-state index in [1.54, 1.807) is 24.2 Å². The lowest BCUT2D eigenvalue weighted by molar-refractivity contribution is -0.121. The maximum absolute atomic E-state index is 12.4. The molecule has 6 heteroatoms. The number of fused-ring (bicyclic) bond motifs is 1. The first-order chi connectivity index (χ1) is 12.3. The van der Waals surface area contributed by atoms with Crippen molar-refractivity contribution in [2.24, 2.45) is 0 Å². The molecule has 1 aromatic carbocycles. The molecular weight excluding hydrogens is 332 g/mol. The Kier molecular flexibility index (Phi) is 6.06. The number of hydrogen-bond acceptors (Lipinski definition) is 4. The number of nitrogens with zero attached hydrogens (tertiary/aromatic N) is 2. The topological polar surface area (TPSA) is 70.7 Å². The number of aryl methyl sites for hydroxylation is 1. The molecule has 130 valence electrons. The highest BCUT2D eigenvalue weighted by Crippen LogP contribution is 2.20. The van der Waals surface area contributed by atoms with Crippen molar-refractivity contribution in [3.8, 4) is 0 Å². The van der Waals surface area contributed by atoms with Gasteiger partial charge in [-0.3, -0.25) is 9.78 Å². The molecule has 0 aliphatic rings. The minimum absolute atomic E-state index is 0.0374. The van der Waals surface area contributed by atoms with E-state index in [2.05, 4.69) is 26.5 Å². The van der Waals surface area contributed by atoms with Crippen molar-refractivity contribution in [2.75, 3.05) is 12.0 Å². The van der Waals surface area contributed by atoms with Crippen molar-refractivity contribution >= 4 is 28.7 Å². The number of amides is 1. The molecule has 5 nitrogen and oxygen atoms in total. The maximum Gasteiger partial charge on any atom is 0.220 e. The van der Waals surface area contributed by atoms with E-state index >= 15 is 0 Å². The van der Waals surface area contributed by atoms with Crippen molar-refractivity contribution in [3.63, 3.8) is 0 Å². The second-order valence-corrected chi connectivity index (χ2v) is 6.89. The lowest BCUT2D eigenvalue weighted by atomic mass is 10.1. The molecule has 0 radical (unpaired) electrons. The summed E-state index contributed by atoms with van der Waals surface area (Å²) in [5.74, 6) is 1.82. The fourth-order valence-electron chi connectivity index (χ4n) is 2.72. The van der Waals surface area contributed by atoms with Crippen LogP contribution in [0.4, 0.5) is 0 Å². The summed E-state index contributed by atoms with van der Waals surface area (Å²) in [6.07, 6.45) is 7.59. The van der Waals surface area contributed by atoms with Crippen LogP contribution in [0, 0.1) is 0 Å². The van der Waals surface area contributed by atoms with Crippen LogP contribution in [0.3, 0.4) is 0 Å². The summed E-state index contributed by atoms with van der Waals surface area (Å²) < 4.78 is 0. The SMILES string of the molecule is CSCC[C@@H](NC(=O)CCc1cccnc1)c1nc2ccccc2[nH]1. The molecule has 0 aliphatic carbocycles. The molecule has 25 heavy (non-hydrogen) atoms. The van der Waals surface area contributed by atoms with Crippen LogP contribution in [0.2, 0.25) is 0 Å². The van der Waals surface area contributed by atoms with E-state index in [0.717, 1.165) is 34.6 Å². The van der Waals surface area contributed by atoms with Gasteiger partial charge in [0.15, 0.2) is 0 Å². The Morgan fingerprint density at radius 3 is 2.92 bits per heavy atom. The zero-order valence-corrected chi connectivity index (χ0v) is 15.1. The van der Waals surface area contributed by atoms with Crippen molar-refractivity contribution in [3.05, 3.63) is 60.2 Å². The highest BCUT2D eigenvalue weighted by Gasteiger charge is 2.18. The lowest BCUT2D eigenvalue weighted by Crippen LogP contribution is -2.30. The summed E-state index contributed by atoms with van der Waals surface area (Å²) in [4.78, 5) is 24.5. The van der Waals surface area contributed by atoms with Gasteiger partial charge in [-0.25, -0.2) is 4.98 Å². The van der Waals surface area contributed by atoms with Gasteiger partial charge in [0.2, 0.25) is 5.91 Å². The molecular formula is C19H22N4OS. The molecule has 1 amide bonds. The van der Waals surface area contributed by atoms with E-state index in [4.69, 9.17) is 0 Å². The Labute approximate surface area is 151 Å². The summed E-state index contributed by atoms with van der Waals surface area (Å²) in [5, 5.41) is 3.13. The van der Waals surface area contributed by atoms with E-state index in [1.165, 1.54) is 0 Å². The number of para-hydroxylation sites is 2. The van der Waals surface area contributed by atoms with Crippen LogP contribution in [0.5, 0.6) is 0 Å². The maximum atomic E-state index is 12.4. The summed E-state index contributed by atoms with van der Waals surface area (Å²) in [7, 11) is 0. The number of carbonyl (C=O) groups excluding carboxylic acids is 1. The zero-order valence-electron chi connectivity index (χ0n) is 14.2. The number of nitrogens with one attached hydrogen (secondary N) is 2. The molecule has 2 N–H and O–H groups in total. The van der Waals surface area contributed by atoms with Gasteiger partial charge >= 0.3 is 0 Å². The van der Waals surface area contributed by atoms with Crippen molar-refractivity contribution in [1.29, 1.82) is 0 Å². The van der Waals surface area contributed by atoms with Crippen LogP contribution in [-0.2, 0) is 11.2 Å². The lowest BCUT2D eigenvalue weighted by Gasteiger charge is -2.16. The zero-order chi connectivity index (χ0) is 17.5. The van der Waals surface area contributed by atoms with E-state index in [-0.39, 0.29) is 11.9 Å². The molecule has 0 saturated heterocycles. The van der Waals surface area contributed by atoms with E-state index in [9.17, 15) is 4.79 Å². The third-order valence-corrected chi connectivity index (χ3v) is 4.69. The minimum atomic E-state index is -0.0961. The number of H-pyrrole nitrogens is 1. The monoisotopic (exact) mass is 354 g/mol. The molecule has 2 heterocycles. The molecule has 0 aliphatic heterocycles. The largest absolute Gasteiger partial charge is 0.346 e. The number of imidazole rings is 1. The molecule has 3 aromatic rings. The number of carbonyl (C=O) groups is 1. The fraction of sp³-hybridized carbons (Fsp3) is 0.316. The summed E-state index contributed by atoms with van der Waals surface area (Å²) >= 11 is 1.77. The van der Waals surface area contributed by atoms with Gasteiger partial charge < -0.3 is 10.3 Å². The minimum Gasteiger partial charge on any atom is -0.346 e. The van der Waals surface area contributed by atoms with Gasteiger partial charge in [-0.05, 0) is 48.6 Å². The van der Waals surface area contributed by atoms with Gasteiger partial charge in [-0.1, -0.05) is 18.2 Å². The molecule has 0 fully saturated rings. The first kappa shape index (κ1) is 17.5. The van der Waals surface area contributed by atoms with Crippen LogP contribution in [0.1, 0.15) is 30.3 Å². The number of aromatic nitrogens is 3. The molecule has 0 spiro atoms. The number of aromatic amines is 1. The Balaban J connectivity index is 1.66. The van der Waals surface area contributed by atoms with Gasteiger partial charge in [0.05, 0.1) is 17.1 Å². The standard InChI is InChI=1S/C19H22N4OS/c1-25-12-10-17(19-22-15-6-2-3-7-16(15)23-19)21-18(24)9-8-14-5-4-11-20-13-14/h2-7,11,13,17H,8-10,12H2,1H3,(H,21,24)(H,22,23)/t17-/m1/s1. The van der Waals surface area contributed by atoms with Crippen LogP contribution < -0.4 is 5.32 Å². The number of pyridine rings is 1. The van der Waals surface area contributed by atoms with E-state index < -0.39 is 0 Å². The molecule has 3 rings (SSSR count). The normalized spacial score (nSPS) is 12.2. The van der Waals surface area contributed by atoms with Gasteiger partial charge in [-0.2, -0.15) is 11.8 Å². The summed E-state index contributed by atoms with van der Waals surface area (Å²) in [5.41, 5.74) is 2.99. The number of thioether (sulfide) groups is 1.